The van der Waals surface area contributed by atoms with E-state index in [-0.39, 0.29) is 18.0 Å². The normalized spacial score (nSPS) is 19.8. The molecular weight excluding hydrogens is 480 g/mol. The highest BCUT2D eigenvalue weighted by atomic mass is 35.5. The van der Waals surface area contributed by atoms with Crippen LogP contribution in [-0.2, 0) is 16.8 Å². The van der Waals surface area contributed by atoms with E-state index < -0.39 is 16.2 Å². The second-order valence-corrected chi connectivity index (χ2v) is 9.63. The molecule has 1 N–H and O–H groups in total. The van der Waals surface area contributed by atoms with Crippen LogP contribution in [0.2, 0.25) is 5.02 Å². The van der Waals surface area contributed by atoms with E-state index in [0.717, 1.165) is 18.7 Å². The standard InChI is InChI=1S/C27H25ClN4O4/c1-27(19-7-9-21(10-8-19)32(35)36)25(33)24-22(30-13-11-29-12-14-30)15-20(28)16-23(24)31(26(27)34)17-18-5-3-2-4-6-18/h2-10,15-16,29H,11-14,17H2,1H3. The minimum absolute atomic E-state index is 0.104. The van der Waals surface area contributed by atoms with E-state index >= 15 is 0 Å². The SMILES string of the molecule is CC1(c2ccc([N+](=O)[O-])cc2)C(=O)c2c(N3CCNCC3)cc(Cl)cc2N(Cc2ccccc2)C1=O. The summed E-state index contributed by atoms with van der Waals surface area (Å²) in [5.74, 6) is -0.739. The molecule has 1 atom stereocenters. The van der Waals surface area contributed by atoms with E-state index in [1.807, 2.05) is 30.3 Å². The summed E-state index contributed by atoms with van der Waals surface area (Å²) >= 11 is 6.54. The molecule has 1 amide bonds. The third kappa shape index (κ3) is 4.02. The van der Waals surface area contributed by atoms with Crippen molar-refractivity contribution in [3.8, 4) is 0 Å². The number of rotatable bonds is 5. The molecule has 2 aliphatic heterocycles. The second-order valence-electron chi connectivity index (χ2n) is 9.19. The van der Waals surface area contributed by atoms with Crippen LogP contribution in [0.3, 0.4) is 0 Å². The zero-order valence-electron chi connectivity index (χ0n) is 19.7. The number of carbonyl (C=O) groups is 2. The van der Waals surface area contributed by atoms with Crippen LogP contribution in [0.4, 0.5) is 17.1 Å². The van der Waals surface area contributed by atoms with Crippen molar-refractivity contribution in [2.75, 3.05) is 36.0 Å². The Morgan fingerprint density at radius 2 is 1.64 bits per heavy atom. The van der Waals surface area contributed by atoms with Crippen LogP contribution in [0.1, 0.15) is 28.4 Å². The lowest BCUT2D eigenvalue weighted by molar-refractivity contribution is -0.384. The van der Waals surface area contributed by atoms with Gasteiger partial charge in [-0.1, -0.05) is 54.1 Å². The van der Waals surface area contributed by atoms with Gasteiger partial charge in [0.25, 0.3) is 5.69 Å². The number of fused-ring (bicyclic) bond motifs is 1. The van der Waals surface area contributed by atoms with E-state index in [1.54, 1.807) is 24.0 Å². The first-order valence-electron chi connectivity index (χ1n) is 11.8. The Hall–Kier alpha value is -3.75. The van der Waals surface area contributed by atoms with Crippen molar-refractivity contribution in [2.45, 2.75) is 18.9 Å². The summed E-state index contributed by atoms with van der Waals surface area (Å²) in [5.41, 5.74) is 1.27. The molecule has 0 spiro atoms. The van der Waals surface area contributed by atoms with Crippen LogP contribution in [0.25, 0.3) is 0 Å². The molecule has 9 heteroatoms. The van der Waals surface area contributed by atoms with Gasteiger partial charge in [0.05, 0.1) is 28.4 Å². The molecule has 1 saturated heterocycles. The second kappa shape index (κ2) is 9.37. The summed E-state index contributed by atoms with van der Waals surface area (Å²) in [5, 5.41) is 15.0. The van der Waals surface area contributed by atoms with Crippen molar-refractivity contribution in [3.05, 3.63) is 98.6 Å². The molecule has 3 aromatic carbocycles. The first-order chi connectivity index (χ1) is 17.3. The van der Waals surface area contributed by atoms with Gasteiger partial charge in [-0.3, -0.25) is 19.7 Å². The van der Waals surface area contributed by atoms with Gasteiger partial charge in [0.1, 0.15) is 5.41 Å². The van der Waals surface area contributed by atoms with Gasteiger partial charge < -0.3 is 15.1 Å². The Morgan fingerprint density at radius 1 is 1.00 bits per heavy atom. The number of carbonyl (C=O) groups excluding carboxylic acids is 2. The molecule has 2 heterocycles. The van der Waals surface area contributed by atoms with Gasteiger partial charge in [0.2, 0.25) is 5.91 Å². The van der Waals surface area contributed by atoms with Crippen LogP contribution < -0.4 is 15.1 Å². The van der Waals surface area contributed by atoms with Crippen LogP contribution in [0, 0.1) is 10.1 Å². The molecule has 0 bridgehead atoms. The van der Waals surface area contributed by atoms with Crippen molar-refractivity contribution in [2.24, 2.45) is 0 Å². The molecule has 0 aliphatic carbocycles. The molecule has 3 aromatic rings. The van der Waals surface area contributed by atoms with Gasteiger partial charge in [-0.15, -0.1) is 0 Å². The average Bonchev–Trinajstić information content (AvgIpc) is 2.90. The lowest BCUT2D eigenvalue weighted by atomic mass is 9.71. The monoisotopic (exact) mass is 504 g/mol. The number of nitrogens with zero attached hydrogens (tertiary/aromatic N) is 3. The van der Waals surface area contributed by atoms with Crippen molar-refractivity contribution in [3.63, 3.8) is 0 Å². The summed E-state index contributed by atoms with van der Waals surface area (Å²) in [4.78, 5) is 42.9. The third-order valence-corrected chi connectivity index (χ3v) is 7.22. The van der Waals surface area contributed by atoms with E-state index in [4.69, 9.17) is 11.6 Å². The van der Waals surface area contributed by atoms with E-state index in [0.29, 0.717) is 40.6 Å². The predicted octanol–water partition coefficient (Wildman–Crippen LogP) is 4.35. The molecule has 1 fully saturated rings. The molecule has 184 valence electrons. The number of Topliss-reactive ketones (excluding diaryl/α,β-unsaturated/α-hetero) is 1. The highest BCUT2D eigenvalue weighted by molar-refractivity contribution is 6.34. The number of piperazine rings is 1. The minimum atomic E-state index is -1.56. The quantitative estimate of drug-likeness (QED) is 0.315. The van der Waals surface area contributed by atoms with Crippen molar-refractivity contribution in [1.82, 2.24) is 5.32 Å². The van der Waals surface area contributed by atoms with Crippen molar-refractivity contribution < 1.29 is 14.5 Å². The Labute approximate surface area is 213 Å². The summed E-state index contributed by atoms with van der Waals surface area (Å²) in [6.45, 7) is 4.78. The highest BCUT2D eigenvalue weighted by Gasteiger charge is 2.52. The van der Waals surface area contributed by atoms with Crippen molar-refractivity contribution >= 4 is 40.4 Å². The highest BCUT2D eigenvalue weighted by Crippen LogP contribution is 2.46. The zero-order chi connectivity index (χ0) is 25.4. The number of non-ortho nitro benzene ring substituents is 1. The van der Waals surface area contributed by atoms with Crippen LogP contribution in [0.5, 0.6) is 0 Å². The fourth-order valence-corrected chi connectivity index (χ4v) is 5.21. The molecule has 8 nitrogen and oxygen atoms in total. The number of ketones is 1. The number of benzene rings is 3. The largest absolute Gasteiger partial charge is 0.368 e. The Kier molecular flexibility index (Phi) is 6.24. The third-order valence-electron chi connectivity index (χ3n) is 7.00. The Balaban J connectivity index is 1.71. The Bertz CT molecular complexity index is 1340. The van der Waals surface area contributed by atoms with E-state index in [1.165, 1.54) is 24.3 Å². The van der Waals surface area contributed by atoms with E-state index in [9.17, 15) is 19.7 Å². The van der Waals surface area contributed by atoms with Gasteiger partial charge in [0.15, 0.2) is 5.78 Å². The molecule has 2 aliphatic rings. The number of nitro groups is 1. The number of anilines is 2. The molecule has 0 radical (unpaired) electrons. The number of nitrogens with one attached hydrogen (secondary N) is 1. The number of nitro benzene ring substituents is 1. The summed E-state index contributed by atoms with van der Waals surface area (Å²) in [6.07, 6.45) is 0. The van der Waals surface area contributed by atoms with Crippen LogP contribution >= 0.6 is 11.6 Å². The molecule has 36 heavy (non-hydrogen) atoms. The maximum absolute atomic E-state index is 14.3. The lowest BCUT2D eigenvalue weighted by Gasteiger charge is -2.42. The lowest BCUT2D eigenvalue weighted by Crippen LogP contribution is -2.55. The van der Waals surface area contributed by atoms with Crippen LogP contribution in [-0.4, -0.2) is 42.8 Å². The zero-order valence-corrected chi connectivity index (χ0v) is 20.5. The predicted molar refractivity (Wildman–Crippen MR) is 139 cm³/mol. The minimum Gasteiger partial charge on any atom is -0.368 e. The van der Waals surface area contributed by atoms with Gasteiger partial charge in [0, 0.05) is 43.3 Å². The Morgan fingerprint density at radius 3 is 2.28 bits per heavy atom. The van der Waals surface area contributed by atoms with Crippen molar-refractivity contribution in [1.29, 1.82) is 0 Å². The fraction of sp³-hybridized carbons (Fsp3) is 0.259. The average molecular weight is 505 g/mol. The summed E-state index contributed by atoms with van der Waals surface area (Å²) in [7, 11) is 0. The first-order valence-corrected chi connectivity index (χ1v) is 12.1. The number of amides is 1. The fourth-order valence-electron chi connectivity index (χ4n) is 5.00. The maximum Gasteiger partial charge on any atom is 0.269 e. The summed E-state index contributed by atoms with van der Waals surface area (Å²) < 4.78 is 0. The van der Waals surface area contributed by atoms with Crippen LogP contribution in [0.15, 0.2) is 66.7 Å². The van der Waals surface area contributed by atoms with Gasteiger partial charge in [-0.05, 0) is 30.2 Å². The molecule has 0 saturated carbocycles. The molecular formula is C27H25ClN4O4. The topological polar surface area (TPSA) is 95.8 Å². The summed E-state index contributed by atoms with van der Waals surface area (Å²) in [6, 6.07) is 18.7. The first kappa shape index (κ1) is 24.0. The van der Waals surface area contributed by atoms with Gasteiger partial charge >= 0.3 is 0 Å². The van der Waals surface area contributed by atoms with E-state index in [2.05, 4.69) is 10.2 Å². The molecule has 1 unspecified atom stereocenters. The number of hydrogen-bond acceptors (Lipinski definition) is 6. The molecule has 5 rings (SSSR count). The maximum atomic E-state index is 14.3. The van der Waals surface area contributed by atoms with Gasteiger partial charge in [-0.2, -0.15) is 0 Å². The smallest absolute Gasteiger partial charge is 0.269 e. The number of halogens is 1. The molecule has 0 aromatic heterocycles. The number of hydrogen-bond donors (Lipinski definition) is 1. The van der Waals surface area contributed by atoms with Gasteiger partial charge in [-0.25, -0.2) is 0 Å².